The van der Waals surface area contributed by atoms with E-state index in [1.54, 1.807) is 0 Å². The van der Waals surface area contributed by atoms with Crippen LogP contribution in [0.2, 0.25) is 0 Å². The summed E-state index contributed by atoms with van der Waals surface area (Å²) in [7, 11) is 0. The number of rotatable bonds is 0. The van der Waals surface area contributed by atoms with E-state index in [-0.39, 0.29) is 0 Å². The fourth-order valence-corrected chi connectivity index (χ4v) is 1.49. The monoisotopic (exact) mass is 161 g/mol. The highest BCUT2D eigenvalue weighted by atomic mass is 32.1. The zero-order chi connectivity index (χ0) is 7.61. The molecule has 1 saturated heterocycles. The highest BCUT2D eigenvalue weighted by Gasteiger charge is 2.23. The van der Waals surface area contributed by atoms with Gasteiger partial charge in [-0.25, -0.2) is 0 Å². The van der Waals surface area contributed by atoms with Crippen molar-refractivity contribution in [3.63, 3.8) is 0 Å². The van der Waals surface area contributed by atoms with Crippen molar-refractivity contribution in [3.8, 4) is 0 Å². The predicted octanol–water partition coefficient (Wildman–Crippen LogP) is 1.07. The minimum absolute atomic E-state index is 0.447. The Hall–Kier alpha value is 0.270. The van der Waals surface area contributed by atoms with Crippen LogP contribution in [-0.4, -0.2) is 28.1 Å². The van der Waals surface area contributed by atoms with Crippen LogP contribution in [0.5, 0.6) is 0 Å². The van der Waals surface area contributed by atoms with E-state index >= 15 is 0 Å². The van der Waals surface area contributed by atoms with E-state index in [1.165, 1.54) is 0 Å². The number of hydrogen-bond acceptors (Lipinski definition) is 3. The van der Waals surface area contributed by atoms with Gasteiger partial charge in [0, 0.05) is 13.1 Å². The standard InChI is InChI=1S/C7H15NOS/c1-7(9)3-2-5-8(10)6-4-7/h9-10H,2-6H2,1H3. The maximum atomic E-state index is 9.61. The van der Waals surface area contributed by atoms with Crippen LogP contribution < -0.4 is 0 Å². The molecule has 0 aliphatic carbocycles. The average Bonchev–Trinajstić information content (AvgIpc) is 1.94. The van der Waals surface area contributed by atoms with E-state index in [0.29, 0.717) is 0 Å². The fourth-order valence-electron chi connectivity index (χ4n) is 1.25. The summed E-state index contributed by atoms with van der Waals surface area (Å²) in [6, 6.07) is 0. The summed E-state index contributed by atoms with van der Waals surface area (Å²) >= 11 is 4.23. The van der Waals surface area contributed by atoms with Crippen molar-refractivity contribution in [2.75, 3.05) is 13.1 Å². The smallest absolute Gasteiger partial charge is 0.0632 e. The molecule has 1 heterocycles. The van der Waals surface area contributed by atoms with E-state index in [4.69, 9.17) is 0 Å². The molecule has 0 saturated carbocycles. The molecule has 1 aliphatic heterocycles. The van der Waals surface area contributed by atoms with Gasteiger partial charge in [0.2, 0.25) is 0 Å². The number of thiol groups is 1. The second-order valence-corrected chi connectivity index (χ2v) is 3.87. The molecule has 0 spiro atoms. The molecule has 1 atom stereocenters. The van der Waals surface area contributed by atoms with Crippen molar-refractivity contribution in [3.05, 3.63) is 0 Å². The van der Waals surface area contributed by atoms with Gasteiger partial charge >= 0.3 is 0 Å². The molecule has 1 aliphatic rings. The minimum Gasteiger partial charge on any atom is -0.390 e. The molecule has 60 valence electrons. The Kier molecular flexibility index (Phi) is 2.61. The highest BCUT2D eigenvalue weighted by Crippen LogP contribution is 2.21. The Morgan fingerprint density at radius 1 is 1.40 bits per heavy atom. The van der Waals surface area contributed by atoms with Crippen LogP contribution in [0.3, 0.4) is 0 Å². The molecule has 1 rings (SSSR count). The Labute approximate surface area is 67.8 Å². The van der Waals surface area contributed by atoms with Crippen molar-refractivity contribution >= 4 is 12.8 Å². The second-order valence-electron chi connectivity index (χ2n) is 3.30. The first-order valence-electron chi connectivity index (χ1n) is 3.76. The molecule has 0 aromatic rings. The van der Waals surface area contributed by atoms with Gasteiger partial charge in [-0.05, 0) is 26.2 Å². The van der Waals surface area contributed by atoms with Gasteiger partial charge in [0.1, 0.15) is 0 Å². The van der Waals surface area contributed by atoms with Crippen LogP contribution in [0.15, 0.2) is 0 Å². The summed E-state index contributed by atoms with van der Waals surface area (Å²) in [5.41, 5.74) is -0.447. The van der Waals surface area contributed by atoms with E-state index in [9.17, 15) is 5.11 Å². The number of hydrogen-bond donors (Lipinski definition) is 2. The SMILES string of the molecule is CC1(O)CCCN(S)CC1. The Balaban J connectivity index is 2.41. The van der Waals surface area contributed by atoms with E-state index in [1.807, 2.05) is 11.2 Å². The van der Waals surface area contributed by atoms with Gasteiger partial charge < -0.3 is 5.11 Å². The first-order chi connectivity index (χ1) is 4.60. The van der Waals surface area contributed by atoms with Crippen molar-refractivity contribution in [2.45, 2.75) is 31.8 Å². The zero-order valence-electron chi connectivity index (χ0n) is 6.38. The van der Waals surface area contributed by atoms with Crippen LogP contribution in [0, 0.1) is 0 Å². The summed E-state index contributed by atoms with van der Waals surface area (Å²) in [4.78, 5) is 0. The third-order valence-electron chi connectivity index (χ3n) is 2.04. The van der Waals surface area contributed by atoms with E-state index < -0.39 is 5.60 Å². The van der Waals surface area contributed by atoms with E-state index in [0.717, 1.165) is 32.4 Å². The molecule has 0 aromatic heterocycles. The molecule has 10 heavy (non-hydrogen) atoms. The van der Waals surface area contributed by atoms with Gasteiger partial charge in [0.05, 0.1) is 5.60 Å². The summed E-state index contributed by atoms with van der Waals surface area (Å²) in [5, 5.41) is 9.61. The fraction of sp³-hybridized carbons (Fsp3) is 1.00. The topological polar surface area (TPSA) is 23.5 Å². The van der Waals surface area contributed by atoms with Crippen LogP contribution in [0.1, 0.15) is 26.2 Å². The van der Waals surface area contributed by atoms with Crippen molar-refractivity contribution < 1.29 is 5.11 Å². The molecule has 0 bridgehead atoms. The first kappa shape index (κ1) is 8.37. The number of nitrogens with zero attached hydrogens (tertiary/aromatic N) is 1. The van der Waals surface area contributed by atoms with Crippen molar-refractivity contribution in [2.24, 2.45) is 0 Å². The van der Waals surface area contributed by atoms with Crippen molar-refractivity contribution in [1.29, 1.82) is 0 Å². The molecule has 1 N–H and O–H groups in total. The van der Waals surface area contributed by atoms with Crippen LogP contribution in [0.25, 0.3) is 0 Å². The lowest BCUT2D eigenvalue weighted by molar-refractivity contribution is 0.0466. The quantitative estimate of drug-likeness (QED) is 0.519. The van der Waals surface area contributed by atoms with Gasteiger partial charge in [-0.1, -0.05) is 12.8 Å². The molecule has 1 fully saturated rings. The highest BCUT2D eigenvalue weighted by molar-refractivity contribution is 7.77. The summed E-state index contributed by atoms with van der Waals surface area (Å²) in [6.45, 7) is 3.80. The van der Waals surface area contributed by atoms with Gasteiger partial charge in [-0.3, -0.25) is 4.31 Å². The first-order valence-corrected chi connectivity index (χ1v) is 4.16. The normalized spacial score (nSPS) is 37.5. The second kappa shape index (κ2) is 3.11. The summed E-state index contributed by atoms with van der Waals surface area (Å²) in [5.74, 6) is 0. The summed E-state index contributed by atoms with van der Waals surface area (Å²) in [6.07, 6.45) is 2.80. The van der Waals surface area contributed by atoms with Gasteiger partial charge in [0.25, 0.3) is 0 Å². The van der Waals surface area contributed by atoms with Crippen molar-refractivity contribution in [1.82, 2.24) is 4.31 Å². The molecule has 0 amide bonds. The lowest BCUT2D eigenvalue weighted by Crippen LogP contribution is -2.24. The Bertz CT molecular complexity index is 116. The Morgan fingerprint density at radius 3 is 2.80 bits per heavy atom. The molecule has 3 heteroatoms. The van der Waals surface area contributed by atoms with Crippen LogP contribution in [-0.2, 0) is 0 Å². The van der Waals surface area contributed by atoms with E-state index in [2.05, 4.69) is 12.8 Å². The molecular weight excluding hydrogens is 146 g/mol. The van der Waals surface area contributed by atoms with Gasteiger partial charge in [-0.15, -0.1) is 0 Å². The largest absolute Gasteiger partial charge is 0.390 e. The average molecular weight is 161 g/mol. The third-order valence-corrected chi connectivity index (χ3v) is 2.44. The maximum Gasteiger partial charge on any atom is 0.0632 e. The molecule has 1 unspecified atom stereocenters. The lowest BCUT2D eigenvalue weighted by Gasteiger charge is -2.19. The Morgan fingerprint density at radius 2 is 2.10 bits per heavy atom. The minimum atomic E-state index is -0.447. The predicted molar refractivity (Wildman–Crippen MR) is 45.0 cm³/mol. The molecular formula is C7H15NOS. The van der Waals surface area contributed by atoms with Crippen LogP contribution in [0.4, 0.5) is 0 Å². The molecule has 0 radical (unpaired) electrons. The van der Waals surface area contributed by atoms with Gasteiger partial charge in [0.15, 0.2) is 0 Å². The van der Waals surface area contributed by atoms with Crippen LogP contribution >= 0.6 is 12.8 Å². The van der Waals surface area contributed by atoms with Gasteiger partial charge in [-0.2, -0.15) is 0 Å². The number of aliphatic hydroxyl groups is 1. The molecule has 0 aromatic carbocycles. The third kappa shape index (κ3) is 2.48. The maximum absolute atomic E-state index is 9.61. The lowest BCUT2D eigenvalue weighted by atomic mass is 9.98. The summed E-state index contributed by atoms with van der Waals surface area (Å²) < 4.78 is 1.97. The molecule has 2 nitrogen and oxygen atoms in total. The zero-order valence-corrected chi connectivity index (χ0v) is 7.27.